The molecular weight excluding hydrogens is 236 g/mol. The highest BCUT2D eigenvalue weighted by atomic mass is 16.5. The number of benzene rings is 1. The Labute approximate surface area is 115 Å². The molecule has 104 valence electrons. The van der Waals surface area contributed by atoms with E-state index in [1.54, 1.807) is 7.11 Å². The SMILES string of the molecule is COc1ccc(NC2CC(C)N(C3CC3)C2)c(C)c1. The van der Waals surface area contributed by atoms with Gasteiger partial charge in [0.15, 0.2) is 0 Å². The Morgan fingerprint density at radius 2 is 2.11 bits per heavy atom. The van der Waals surface area contributed by atoms with E-state index in [1.165, 1.54) is 37.1 Å². The van der Waals surface area contributed by atoms with Gasteiger partial charge < -0.3 is 10.1 Å². The second kappa shape index (κ2) is 5.04. The molecule has 2 fully saturated rings. The number of methoxy groups -OCH3 is 1. The summed E-state index contributed by atoms with van der Waals surface area (Å²) in [7, 11) is 1.72. The maximum Gasteiger partial charge on any atom is 0.119 e. The molecule has 2 atom stereocenters. The van der Waals surface area contributed by atoms with Gasteiger partial charge in [-0.25, -0.2) is 0 Å². The van der Waals surface area contributed by atoms with Crippen LogP contribution in [0.25, 0.3) is 0 Å². The summed E-state index contributed by atoms with van der Waals surface area (Å²) in [6.07, 6.45) is 4.05. The van der Waals surface area contributed by atoms with Gasteiger partial charge in [0, 0.05) is 30.4 Å². The largest absolute Gasteiger partial charge is 0.497 e. The van der Waals surface area contributed by atoms with Crippen molar-refractivity contribution in [3.05, 3.63) is 23.8 Å². The Balaban J connectivity index is 1.65. The second-order valence-corrected chi connectivity index (χ2v) is 6.03. The predicted octanol–water partition coefficient (Wildman–Crippen LogP) is 3.04. The van der Waals surface area contributed by atoms with Crippen LogP contribution in [0, 0.1) is 6.92 Å². The van der Waals surface area contributed by atoms with Crippen LogP contribution in [0.4, 0.5) is 5.69 Å². The fourth-order valence-corrected chi connectivity index (χ4v) is 3.22. The highest BCUT2D eigenvalue weighted by Gasteiger charge is 2.38. The average Bonchev–Trinajstić information content (AvgIpc) is 3.17. The molecule has 2 aliphatic rings. The van der Waals surface area contributed by atoms with Gasteiger partial charge >= 0.3 is 0 Å². The zero-order chi connectivity index (χ0) is 13.4. The lowest BCUT2D eigenvalue weighted by atomic mass is 10.1. The smallest absolute Gasteiger partial charge is 0.119 e. The maximum atomic E-state index is 5.26. The topological polar surface area (TPSA) is 24.5 Å². The molecule has 1 aromatic carbocycles. The van der Waals surface area contributed by atoms with Crippen molar-refractivity contribution in [2.24, 2.45) is 0 Å². The molecular formula is C16H24N2O. The number of hydrogen-bond acceptors (Lipinski definition) is 3. The Bertz CT molecular complexity index is 456. The molecule has 0 bridgehead atoms. The van der Waals surface area contributed by atoms with Gasteiger partial charge in [-0.15, -0.1) is 0 Å². The van der Waals surface area contributed by atoms with E-state index in [4.69, 9.17) is 4.74 Å². The summed E-state index contributed by atoms with van der Waals surface area (Å²) >= 11 is 0. The fourth-order valence-electron chi connectivity index (χ4n) is 3.22. The van der Waals surface area contributed by atoms with E-state index in [1.807, 2.05) is 6.07 Å². The van der Waals surface area contributed by atoms with Crippen molar-refractivity contribution in [2.75, 3.05) is 19.0 Å². The number of aryl methyl sites for hydroxylation is 1. The van der Waals surface area contributed by atoms with Crippen LogP contribution in [0.3, 0.4) is 0 Å². The minimum absolute atomic E-state index is 0.586. The minimum atomic E-state index is 0.586. The number of ether oxygens (including phenoxy) is 1. The van der Waals surface area contributed by atoms with E-state index in [0.29, 0.717) is 6.04 Å². The Morgan fingerprint density at radius 3 is 2.74 bits per heavy atom. The molecule has 0 spiro atoms. The Kier molecular flexibility index (Phi) is 3.40. The molecule has 0 amide bonds. The van der Waals surface area contributed by atoms with Gasteiger partial charge in [-0.3, -0.25) is 4.90 Å². The zero-order valence-corrected chi connectivity index (χ0v) is 12.1. The van der Waals surface area contributed by atoms with Gasteiger partial charge in [0.25, 0.3) is 0 Å². The third-order valence-corrected chi connectivity index (χ3v) is 4.43. The van der Waals surface area contributed by atoms with Crippen LogP contribution < -0.4 is 10.1 Å². The van der Waals surface area contributed by atoms with Crippen LogP contribution in [0.5, 0.6) is 5.75 Å². The summed E-state index contributed by atoms with van der Waals surface area (Å²) in [6, 6.07) is 8.45. The van der Waals surface area contributed by atoms with Gasteiger partial charge in [0.2, 0.25) is 0 Å². The van der Waals surface area contributed by atoms with Crippen LogP contribution in [0.2, 0.25) is 0 Å². The Hall–Kier alpha value is -1.22. The van der Waals surface area contributed by atoms with E-state index < -0.39 is 0 Å². The molecule has 19 heavy (non-hydrogen) atoms. The van der Waals surface area contributed by atoms with Crippen LogP contribution in [-0.2, 0) is 0 Å². The van der Waals surface area contributed by atoms with Crippen molar-refractivity contribution in [3.8, 4) is 5.75 Å². The van der Waals surface area contributed by atoms with E-state index in [-0.39, 0.29) is 0 Å². The molecule has 0 aromatic heterocycles. The van der Waals surface area contributed by atoms with E-state index in [9.17, 15) is 0 Å². The van der Waals surface area contributed by atoms with Gasteiger partial charge in [0.05, 0.1) is 7.11 Å². The first-order valence-corrected chi connectivity index (χ1v) is 7.34. The summed E-state index contributed by atoms with van der Waals surface area (Å²) in [5, 5.41) is 3.71. The monoisotopic (exact) mass is 260 g/mol. The van der Waals surface area contributed by atoms with Crippen LogP contribution in [0.1, 0.15) is 31.7 Å². The molecule has 3 nitrogen and oxygen atoms in total. The lowest BCUT2D eigenvalue weighted by Crippen LogP contribution is -2.31. The molecule has 1 N–H and O–H groups in total. The van der Waals surface area contributed by atoms with E-state index >= 15 is 0 Å². The average molecular weight is 260 g/mol. The summed E-state index contributed by atoms with van der Waals surface area (Å²) < 4.78 is 5.26. The number of nitrogens with one attached hydrogen (secondary N) is 1. The van der Waals surface area contributed by atoms with Crippen molar-refractivity contribution in [1.82, 2.24) is 4.90 Å². The number of anilines is 1. The molecule has 3 heteroatoms. The van der Waals surface area contributed by atoms with Crippen molar-refractivity contribution < 1.29 is 4.74 Å². The molecule has 1 heterocycles. The Morgan fingerprint density at radius 1 is 1.32 bits per heavy atom. The predicted molar refractivity (Wildman–Crippen MR) is 78.9 cm³/mol. The first kappa shape index (κ1) is 12.8. The molecule has 1 saturated heterocycles. The summed E-state index contributed by atoms with van der Waals surface area (Å²) in [6.45, 7) is 5.69. The summed E-state index contributed by atoms with van der Waals surface area (Å²) in [5.74, 6) is 0.933. The van der Waals surface area contributed by atoms with Gasteiger partial charge in [-0.2, -0.15) is 0 Å². The number of likely N-dealkylation sites (tertiary alicyclic amines) is 1. The first-order valence-electron chi connectivity index (χ1n) is 7.34. The van der Waals surface area contributed by atoms with Crippen LogP contribution in [-0.4, -0.2) is 36.7 Å². The zero-order valence-electron chi connectivity index (χ0n) is 12.1. The molecule has 1 aromatic rings. The molecule has 1 aliphatic carbocycles. The third-order valence-electron chi connectivity index (χ3n) is 4.43. The quantitative estimate of drug-likeness (QED) is 0.900. The van der Waals surface area contributed by atoms with Crippen molar-refractivity contribution in [2.45, 2.75) is 51.2 Å². The van der Waals surface area contributed by atoms with Gasteiger partial charge in [-0.05, 0) is 56.9 Å². The van der Waals surface area contributed by atoms with E-state index in [0.717, 1.165) is 17.8 Å². The van der Waals surface area contributed by atoms with Crippen molar-refractivity contribution in [1.29, 1.82) is 0 Å². The molecule has 2 unspecified atom stereocenters. The standard InChI is InChI=1S/C16H24N2O/c1-11-8-15(19-3)6-7-16(11)17-13-9-12(2)18(10-13)14-4-5-14/h6-8,12-14,17H,4-5,9-10H2,1-3H3. The van der Waals surface area contributed by atoms with Crippen molar-refractivity contribution >= 4 is 5.69 Å². The third kappa shape index (κ3) is 2.71. The van der Waals surface area contributed by atoms with E-state index in [2.05, 4.69) is 36.2 Å². The van der Waals surface area contributed by atoms with Gasteiger partial charge in [-0.1, -0.05) is 0 Å². The van der Waals surface area contributed by atoms with Crippen LogP contribution in [0.15, 0.2) is 18.2 Å². The van der Waals surface area contributed by atoms with Crippen LogP contribution >= 0.6 is 0 Å². The first-order chi connectivity index (χ1) is 9.17. The molecule has 1 saturated carbocycles. The molecule has 1 aliphatic heterocycles. The highest BCUT2D eigenvalue weighted by Crippen LogP contribution is 2.34. The lowest BCUT2D eigenvalue weighted by Gasteiger charge is -2.20. The fraction of sp³-hybridized carbons (Fsp3) is 0.625. The molecule has 0 radical (unpaired) electrons. The lowest BCUT2D eigenvalue weighted by molar-refractivity contribution is 0.257. The second-order valence-electron chi connectivity index (χ2n) is 6.03. The van der Waals surface area contributed by atoms with Gasteiger partial charge in [0.1, 0.15) is 5.75 Å². The summed E-state index contributed by atoms with van der Waals surface area (Å²) in [5.41, 5.74) is 2.51. The number of nitrogens with zero attached hydrogens (tertiary/aromatic N) is 1. The number of rotatable bonds is 4. The summed E-state index contributed by atoms with van der Waals surface area (Å²) in [4.78, 5) is 2.68. The minimum Gasteiger partial charge on any atom is -0.497 e. The van der Waals surface area contributed by atoms with Crippen molar-refractivity contribution in [3.63, 3.8) is 0 Å². The number of hydrogen-bond donors (Lipinski definition) is 1. The highest BCUT2D eigenvalue weighted by molar-refractivity contribution is 5.54. The maximum absolute atomic E-state index is 5.26. The normalized spacial score (nSPS) is 27.5. The molecule has 3 rings (SSSR count).